The van der Waals surface area contributed by atoms with Crippen LogP contribution < -0.4 is 5.32 Å². The summed E-state index contributed by atoms with van der Waals surface area (Å²) in [7, 11) is 1.39. The van der Waals surface area contributed by atoms with Crippen molar-refractivity contribution in [3.05, 3.63) is 35.6 Å². The van der Waals surface area contributed by atoms with Gasteiger partial charge in [0.05, 0.1) is 7.11 Å². The molecule has 0 aromatic rings. The zero-order valence-electron chi connectivity index (χ0n) is 10.1. The van der Waals surface area contributed by atoms with Crippen molar-refractivity contribution in [2.24, 2.45) is 5.92 Å². The molecule has 0 saturated heterocycles. The van der Waals surface area contributed by atoms with Gasteiger partial charge in [0.25, 0.3) is 0 Å². The van der Waals surface area contributed by atoms with Crippen molar-refractivity contribution in [3.63, 3.8) is 0 Å². The number of methoxy groups -OCH3 is 1. The van der Waals surface area contributed by atoms with Crippen LogP contribution in [-0.4, -0.2) is 19.6 Å². The van der Waals surface area contributed by atoms with Crippen LogP contribution in [0.1, 0.15) is 20.3 Å². The summed E-state index contributed by atoms with van der Waals surface area (Å²) in [5, 5.41) is 3.12. The van der Waals surface area contributed by atoms with E-state index in [0.29, 0.717) is 11.6 Å². The summed E-state index contributed by atoms with van der Waals surface area (Å²) >= 11 is 0. The number of allylic oxidation sites excluding steroid dienone is 4. The molecule has 3 heteroatoms. The molecule has 1 unspecified atom stereocenters. The predicted octanol–water partition coefficient (Wildman–Crippen LogP) is 2.18. The van der Waals surface area contributed by atoms with Crippen LogP contribution in [0.5, 0.6) is 0 Å². The Balaban J connectivity index is 2.85. The van der Waals surface area contributed by atoms with Gasteiger partial charge in [0.15, 0.2) is 0 Å². The number of carbonyl (C=O) groups is 1. The molecule has 1 heterocycles. The smallest absolute Gasteiger partial charge is 0.354 e. The van der Waals surface area contributed by atoms with E-state index >= 15 is 0 Å². The quantitative estimate of drug-likeness (QED) is 0.726. The minimum atomic E-state index is -0.322. The first-order valence-electron chi connectivity index (χ1n) is 5.58. The zero-order chi connectivity index (χ0) is 12.0. The fourth-order valence-electron chi connectivity index (χ4n) is 1.66. The van der Waals surface area contributed by atoms with Crippen LogP contribution in [0, 0.1) is 5.92 Å². The Morgan fingerprint density at radius 1 is 1.50 bits per heavy atom. The zero-order valence-corrected chi connectivity index (χ0v) is 10.1. The Kier molecular flexibility index (Phi) is 4.83. The molecule has 3 nitrogen and oxygen atoms in total. The highest BCUT2D eigenvalue weighted by atomic mass is 16.5. The molecule has 0 bridgehead atoms. The van der Waals surface area contributed by atoms with Gasteiger partial charge in [-0.1, -0.05) is 37.6 Å². The molecule has 1 rings (SSSR count). The largest absolute Gasteiger partial charge is 0.464 e. The monoisotopic (exact) mass is 221 g/mol. The molecule has 16 heavy (non-hydrogen) atoms. The van der Waals surface area contributed by atoms with Gasteiger partial charge in [0.2, 0.25) is 0 Å². The fraction of sp³-hybridized carbons (Fsp3) is 0.462. The van der Waals surface area contributed by atoms with Crippen molar-refractivity contribution in [1.29, 1.82) is 0 Å². The van der Waals surface area contributed by atoms with E-state index in [4.69, 9.17) is 4.74 Å². The minimum absolute atomic E-state index is 0.322. The van der Waals surface area contributed by atoms with E-state index in [9.17, 15) is 4.79 Å². The summed E-state index contributed by atoms with van der Waals surface area (Å²) in [5.74, 6) is 0.0950. The Morgan fingerprint density at radius 3 is 2.81 bits per heavy atom. The lowest BCUT2D eigenvalue weighted by Crippen LogP contribution is -2.26. The van der Waals surface area contributed by atoms with Crippen molar-refractivity contribution < 1.29 is 9.53 Å². The van der Waals surface area contributed by atoms with Gasteiger partial charge < -0.3 is 10.1 Å². The maximum atomic E-state index is 11.4. The summed E-state index contributed by atoms with van der Waals surface area (Å²) in [6, 6.07) is 0. The molecule has 0 aromatic carbocycles. The lowest BCUT2D eigenvalue weighted by Gasteiger charge is -2.16. The van der Waals surface area contributed by atoms with Gasteiger partial charge >= 0.3 is 5.97 Å². The summed E-state index contributed by atoms with van der Waals surface area (Å²) in [6.45, 7) is 5.04. The Bertz CT molecular complexity index is 340. The van der Waals surface area contributed by atoms with Gasteiger partial charge in [-0.3, -0.25) is 0 Å². The molecule has 0 amide bonds. The highest BCUT2D eigenvalue weighted by Crippen LogP contribution is 2.15. The normalized spacial score (nSPS) is 29.3. The highest BCUT2D eigenvalue weighted by Gasteiger charge is 2.12. The van der Waals surface area contributed by atoms with Crippen molar-refractivity contribution in [2.75, 3.05) is 13.7 Å². The third kappa shape index (κ3) is 3.26. The third-order valence-corrected chi connectivity index (χ3v) is 2.73. The minimum Gasteiger partial charge on any atom is -0.464 e. The first-order valence-corrected chi connectivity index (χ1v) is 5.58. The summed E-state index contributed by atoms with van der Waals surface area (Å²) < 4.78 is 4.69. The number of ether oxygens (including phenoxy) is 1. The van der Waals surface area contributed by atoms with Gasteiger partial charge in [-0.2, -0.15) is 0 Å². The molecule has 1 N–H and O–H groups in total. The van der Waals surface area contributed by atoms with Gasteiger partial charge in [-0.15, -0.1) is 0 Å². The van der Waals surface area contributed by atoms with Crippen molar-refractivity contribution in [2.45, 2.75) is 20.3 Å². The average Bonchev–Trinajstić information content (AvgIpc) is 2.39. The van der Waals surface area contributed by atoms with E-state index in [1.165, 1.54) is 12.7 Å². The lowest BCUT2D eigenvalue weighted by molar-refractivity contribution is -0.136. The van der Waals surface area contributed by atoms with Gasteiger partial charge in [-0.05, 0) is 18.4 Å². The molecule has 0 saturated carbocycles. The molecule has 0 aromatic heterocycles. The van der Waals surface area contributed by atoms with Crippen LogP contribution in [0.3, 0.4) is 0 Å². The van der Waals surface area contributed by atoms with Crippen LogP contribution in [0.25, 0.3) is 0 Å². The molecule has 0 radical (unpaired) electrons. The van der Waals surface area contributed by atoms with Crippen LogP contribution >= 0.6 is 0 Å². The lowest BCUT2D eigenvalue weighted by atomic mass is 9.98. The first-order chi connectivity index (χ1) is 7.69. The second-order valence-electron chi connectivity index (χ2n) is 3.83. The maximum absolute atomic E-state index is 11.4. The highest BCUT2D eigenvalue weighted by molar-refractivity contribution is 5.88. The van der Waals surface area contributed by atoms with Gasteiger partial charge in [-0.25, -0.2) is 4.79 Å². The average molecular weight is 221 g/mol. The molecule has 0 spiro atoms. The van der Waals surface area contributed by atoms with Crippen LogP contribution in [0.4, 0.5) is 0 Å². The van der Waals surface area contributed by atoms with Gasteiger partial charge in [0.1, 0.15) is 5.70 Å². The first kappa shape index (κ1) is 12.6. The Labute approximate surface area is 96.9 Å². The van der Waals surface area contributed by atoms with Crippen LogP contribution in [0.15, 0.2) is 35.6 Å². The molecule has 1 aliphatic rings. The van der Waals surface area contributed by atoms with Crippen LogP contribution in [0.2, 0.25) is 0 Å². The third-order valence-electron chi connectivity index (χ3n) is 2.73. The van der Waals surface area contributed by atoms with E-state index < -0.39 is 0 Å². The SMILES string of the molecule is CC/C1=C/C=C\C=C(\C(=O)OC)NCC1C. The second-order valence-corrected chi connectivity index (χ2v) is 3.83. The molecule has 0 aliphatic carbocycles. The number of nitrogens with one attached hydrogen (secondary N) is 1. The van der Waals surface area contributed by atoms with Gasteiger partial charge in [0, 0.05) is 6.54 Å². The van der Waals surface area contributed by atoms with E-state index in [1.807, 2.05) is 12.2 Å². The van der Waals surface area contributed by atoms with E-state index in [2.05, 4.69) is 25.2 Å². The van der Waals surface area contributed by atoms with Crippen molar-refractivity contribution in [1.82, 2.24) is 5.32 Å². The van der Waals surface area contributed by atoms with E-state index in [1.54, 1.807) is 6.08 Å². The maximum Gasteiger partial charge on any atom is 0.354 e. The molecular formula is C13H19NO2. The van der Waals surface area contributed by atoms with E-state index in [0.717, 1.165) is 13.0 Å². The summed E-state index contributed by atoms with van der Waals surface area (Å²) in [5.41, 5.74) is 1.89. The molecule has 88 valence electrons. The van der Waals surface area contributed by atoms with Crippen molar-refractivity contribution in [3.8, 4) is 0 Å². The summed E-state index contributed by atoms with van der Waals surface area (Å²) in [4.78, 5) is 11.4. The Morgan fingerprint density at radius 2 is 2.19 bits per heavy atom. The summed E-state index contributed by atoms with van der Waals surface area (Å²) in [6.07, 6.45) is 8.70. The number of hydrogen-bond donors (Lipinski definition) is 1. The van der Waals surface area contributed by atoms with Crippen molar-refractivity contribution >= 4 is 5.97 Å². The number of esters is 1. The predicted molar refractivity (Wildman–Crippen MR) is 64.8 cm³/mol. The fourth-order valence-corrected chi connectivity index (χ4v) is 1.66. The topological polar surface area (TPSA) is 38.3 Å². The Hall–Kier alpha value is -1.51. The molecular weight excluding hydrogens is 202 g/mol. The van der Waals surface area contributed by atoms with Crippen LogP contribution in [-0.2, 0) is 9.53 Å². The standard InChI is InChI=1S/C13H19NO2/c1-4-11-7-5-6-8-12(13(15)16-3)14-9-10(11)2/h5-8,10,14H,4,9H2,1-3H3/b6-5-,11-7-,12-8-. The van der Waals surface area contributed by atoms with E-state index in [-0.39, 0.29) is 5.97 Å². The molecule has 0 fully saturated rings. The number of hydrogen-bond acceptors (Lipinski definition) is 3. The second kappa shape index (κ2) is 6.16. The number of rotatable bonds is 2. The molecule has 1 aliphatic heterocycles. The molecule has 1 atom stereocenters. The number of carbonyl (C=O) groups excluding carboxylic acids is 1.